The van der Waals surface area contributed by atoms with Crippen molar-refractivity contribution in [3.63, 3.8) is 0 Å². The Morgan fingerprint density at radius 3 is 1.33 bits per heavy atom. The van der Waals surface area contributed by atoms with E-state index < -0.39 is 0 Å². The normalized spacial score (nSPS) is 11.5. The van der Waals surface area contributed by atoms with Gasteiger partial charge in [0.2, 0.25) is 0 Å². The van der Waals surface area contributed by atoms with Crippen molar-refractivity contribution in [2.24, 2.45) is 0 Å². The molecule has 2 aromatic rings. The second-order valence-corrected chi connectivity index (χ2v) is 5.79. The van der Waals surface area contributed by atoms with Crippen LogP contribution in [0.3, 0.4) is 0 Å². The van der Waals surface area contributed by atoms with Gasteiger partial charge in [-0.3, -0.25) is 4.48 Å². The van der Waals surface area contributed by atoms with Gasteiger partial charge < -0.3 is 0 Å². The van der Waals surface area contributed by atoms with E-state index >= 15 is 0 Å². The molecule has 0 radical (unpaired) electrons. The zero-order chi connectivity index (χ0) is 15.0. The lowest BCUT2D eigenvalue weighted by Gasteiger charge is -2.38. The minimum atomic E-state index is 0.989. The van der Waals surface area contributed by atoms with Crippen LogP contribution in [0.2, 0.25) is 0 Å². The first-order valence-corrected chi connectivity index (χ1v) is 8.32. The maximum Gasteiger partial charge on any atom is 0.137 e. The Hall–Kier alpha value is -1.60. The quantitative estimate of drug-likeness (QED) is 0.527. The molecule has 21 heavy (non-hydrogen) atoms. The molecule has 2 rings (SSSR count). The Morgan fingerprint density at radius 2 is 1.00 bits per heavy atom. The molecule has 0 saturated carbocycles. The molecule has 0 aromatic heterocycles. The van der Waals surface area contributed by atoms with Crippen molar-refractivity contribution >= 4 is 11.4 Å². The SMILES string of the molecule is CCCC[N+](CCCC)(c1ccccc1)c1ccccc1. The minimum absolute atomic E-state index is 0.989. The zero-order valence-electron chi connectivity index (χ0n) is 13.5. The van der Waals surface area contributed by atoms with Crippen molar-refractivity contribution in [3.05, 3.63) is 60.7 Å². The van der Waals surface area contributed by atoms with Gasteiger partial charge in [-0.25, -0.2) is 0 Å². The molecule has 0 saturated heterocycles. The van der Waals surface area contributed by atoms with Crippen LogP contribution in [-0.2, 0) is 0 Å². The van der Waals surface area contributed by atoms with Gasteiger partial charge in [0.15, 0.2) is 0 Å². The molecule has 0 amide bonds. The van der Waals surface area contributed by atoms with E-state index in [-0.39, 0.29) is 0 Å². The Bertz CT molecular complexity index is 454. The predicted molar refractivity (Wildman–Crippen MR) is 93.9 cm³/mol. The lowest BCUT2D eigenvalue weighted by molar-refractivity contribution is 0.364. The molecule has 0 unspecified atom stereocenters. The standard InChI is InChI=1S/C20H28N/c1-3-5-17-21(18-6-4-2,19-13-9-7-10-14-19)20-15-11-8-12-16-20/h7-16H,3-6,17-18H2,1-2H3/q+1. The summed E-state index contributed by atoms with van der Waals surface area (Å²) in [6, 6.07) is 22.1. The molecule has 0 fully saturated rings. The van der Waals surface area contributed by atoms with Crippen molar-refractivity contribution < 1.29 is 0 Å². The first kappa shape index (κ1) is 15.8. The zero-order valence-corrected chi connectivity index (χ0v) is 13.5. The van der Waals surface area contributed by atoms with Crippen LogP contribution >= 0.6 is 0 Å². The molecule has 112 valence electrons. The highest BCUT2D eigenvalue weighted by Gasteiger charge is 2.31. The number of unbranched alkanes of at least 4 members (excludes halogenated alkanes) is 2. The topological polar surface area (TPSA) is 0 Å². The Balaban J connectivity index is 2.48. The highest BCUT2D eigenvalue weighted by Crippen LogP contribution is 2.35. The van der Waals surface area contributed by atoms with Crippen LogP contribution in [0.4, 0.5) is 11.4 Å². The molecule has 0 atom stereocenters. The third-order valence-corrected chi connectivity index (χ3v) is 4.29. The molecule has 2 aromatic carbocycles. The highest BCUT2D eigenvalue weighted by atomic mass is 15.4. The average Bonchev–Trinajstić information content (AvgIpc) is 2.57. The third-order valence-electron chi connectivity index (χ3n) is 4.29. The van der Waals surface area contributed by atoms with Crippen LogP contribution in [0.1, 0.15) is 39.5 Å². The van der Waals surface area contributed by atoms with Gasteiger partial charge in [-0.1, -0.05) is 63.1 Å². The number of nitrogens with zero attached hydrogens (tertiary/aromatic N) is 1. The largest absolute Gasteiger partial charge is 0.259 e. The van der Waals surface area contributed by atoms with E-state index in [0.717, 1.165) is 4.48 Å². The number of para-hydroxylation sites is 2. The fraction of sp³-hybridized carbons (Fsp3) is 0.400. The first-order chi connectivity index (χ1) is 10.3. The summed E-state index contributed by atoms with van der Waals surface area (Å²) in [5, 5.41) is 0. The number of benzene rings is 2. The maximum absolute atomic E-state index is 2.29. The van der Waals surface area contributed by atoms with Gasteiger partial charge >= 0.3 is 0 Å². The molecule has 0 aliphatic heterocycles. The molecule has 1 nitrogen and oxygen atoms in total. The highest BCUT2D eigenvalue weighted by molar-refractivity contribution is 5.58. The van der Waals surface area contributed by atoms with Crippen LogP contribution in [0.15, 0.2) is 60.7 Å². The van der Waals surface area contributed by atoms with E-state index in [4.69, 9.17) is 0 Å². The van der Waals surface area contributed by atoms with Gasteiger partial charge in [-0.05, 0) is 37.1 Å². The molecule has 0 heterocycles. The summed E-state index contributed by atoms with van der Waals surface area (Å²) in [6.07, 6.45) is 5.00. The van der Waals surface area contributed by atoms with Crippen molar-refractivity contribution in [2.45, 2.75) is 39.5 Å². The molecular formula is C20H28N+. The molecule has 0 aliphatic carbocycles. The molecule has 0 spiro atoms. The van der Waals surface area contributed by atoms with E-state index in [0.29, 0.717) is 0 Å². The Morgan fingerprint density at radius 1 is 0.619 bits per heavy atom. The first-order valence-electron chi connectivity index (χ1n) is 8.32. The lowest BCUT2D eigenvalue weighted by atomic mass is 10.1. The second kappa shape index (κ2) is 7.99. The summed E-state index contributed by atoms with van der Waals surface area (Å²) in [5.74, 6) is 0. The van der Waals surface area contributed by atoms with E-state index in [9.17, 15) is 0 Å². The van der Waals surface area contributed by atoms with Crippen LogP contribution < -0.4 is 4.48 Å². The fourth-order valence-corrected chi connectivity index (χ4v) is 3.06. The molecule has 0 N–H and O–H groups in total. The van der Waals surface area contributed by atoms with Gasteiger partial charge in [0, 0.05) is 0 Å². The van der Waals surface area contributed by atoms with Crippen LogP contribution in [0.5, 0.6) is 0 Å². The third kappa shape index (κ3) is 3.74. The molecule has 0 bridgehead atoms. The fourth-order valence-electron chi connectivity index (χ4n) is 3.06. The van der Waals surface area contributed by atoms with Gasteiger partial charge in [0.25, 0.3) is 0 Å². The average molecular weight is 282 g/mol. The monoisotopic (exact) mass is 282 g/mol. The Kier molecular flexibility index (Phi) is 6.01. The summed E-state index contributed by atoms with van der Waals surface area (Å²) < 4.78 is 0.989. The van der Waals surface area contributed by atoms with E-state index in [1.54, 1.807) is 0 Å². The smallest absolute Gasteiger partial charge is 0.137 e. The van der Waals surface area contributed by atoms with Crippen LogP contribution in [0, 0.1) is 0 Å². The summed E-state index contributed by atoms with van der Waals surface area (Å²) in [7, 11) is 0. The number of quaternary nitrogens is 1. The summed E-state index contributed by atoms with van der Waals surface area (Å²) >= 11 is 0. The molecular weight excluding hydrogens is 254 g/mol. The Labute approximate surface area is 129 Å². The molecule has 1 heteroatoms. The summed E-state index contributed by atoms with van der Waals surface area (Å²) in [5.41, 5.74) is 2.84. The van der Waals surface area contributed by atoms with Gasteiger partial charge in [0.1, 0.15) is 11.4 Å². The second-order valence-electron chi connectivity index (χ2n) is 5.79. The van der Waals surface area contributed by atoms with Crippen molar-refractivity contribution in [1.29, 1.82) is 0 Å². The van der Waals surface area contributed by atoms with Gasteiger partial charge in [0.05, 0.1) is 13.1 Å². The summed E-state index contributed by atoms with van der Waals surface area (Å²) in [6.45, 7) is 6.93. The van der Waals surface area contributed by atoms with Crippen LogP contribution in [0.25, 0.3) is 0 Å². The van der Waals surface area contributed by atoms with Gasteiger partial charge in [-0.15, -0.1) is 0 Å². The van der Waals surface area contributed by atoms with E-state index in [1.807, 2.05) is 0 Å². The molecule has 0 aliphatic rings. The van der Waals surface area contributed by atoms with Gasteiger partial charge in [-0.2, -0.15) is 0 Å². The van der Waals surface area contributed by atoms with E-state index in [1.165, 1.54) is 50.1 Å². The maximum atomic E-state index is 2.29. The number of hydrogen-bond acceptors (Lipinski definition) is 0. The summed E-state index contributed by atoms with van der Waals surface area (Å²) in [4.78, 5) is 0. The van der Waals surface area contributed by atoms with Crippen molar-refractivity contribution in [3.8, 4) is 0 Å². The minimum Gasteiger partial charge on any atom is -0.259 e. The van der Waals surface area contributed by atoms with Crippen molar-refractivity contribution in [1.82, 2.24) is 4.48 Å². The lowest BCUT2D eigenvalue weighted by Crippen LogP contribution is -2.45. The van der Waals surface area contributed by atoms with Crippen LogP contribution in [-0.4, -0.2) is 13.1 Å². The van der Waals surface area contributed by atoms with Crippen molar-refractivity contribution in [2.75, 3.05) is 13.1 Å². The van der Waals surface area contributed by atoms with E-state index in [2.05, 4.69) is 74.5 Å². The number of hydrogen-bond donors (Lipinski definition) is 0. The number of rotatable bonds is 8. The predicted octanol–water partition coefficient (Wildman–Crippen LogP) is 5.93.